The number of aromatic nitrogens is 4. The number of nitrogens with zero attached hydrogens (tertiary/aromatic N) is 6. The van der Waals surface area contributed by atoms with Gasteiger partial charge in [0.1, 0.15) is 44.8 Å². The van der Waals surface area contributed by atoms with Crippen LogP contribution in [0.3, 0.4) is 0 Å². The number of hydrogen-bond donors (Lipinski definition) is 3. The Balaban J connectivity index is 2.76. The highest BCUT2D eigenvalue weighted by molar-refractivity contribution is 7.98. The molecule has 0 bridgehead atoms. The summed E-state index contributed by atoms with van der Waals surface area (Å²) in [5.41, 5.74) is 6.37. The number of fused-ring (bicyclic) bond motifs is 3. The number of nitrogens with one attached hydrogen (secondary N) is 2. The van der Waals surface area contributed by atoms with Crippen LogP contribution in [0, 0.1) is 33.5 Å². The van der Waals surface area contributed by atoms with Crippen LogP contribution in [0.5, 0.6) is 0 Å². The van der Waals surface area contributed by atoms with Gasteiger partial charge in [0.15, 0.2) is 11.0 Å². The smallest absolute Gasteiger partial charge is 0.225 e. The number of nitrogen functional groups attached to an aromatic ring is 1. The molecule has 0 aliphatic rings. The van der Waals surface area contributed by atoms with Crippen LogP contribution in [0.2, 0.25) is 0 Å². The van der Waals surface area contributed by atoms with E-state index >= 15 is 0 Å². The van der Waals surface area contributed by atoms with Crippen LogP contribution in [0.4, 0.5) is 5.82 Å². The molecule has 0 aliphatic carbocycles. The number of rotatable bonds is 2. The van der Waals surface area contributed by atoms with E-state index in [2.05, 4.69) is 9.97 Å². The fourth-order valence-electron chi connectivity index (χ4n) is 2.51. The second-order valence-corrected chi connectivity index (χ2v) is 6.40. The Morgan fingerprint density at radius 3 is 2.04 bits per heavy atom. The maximum absolute atomic E-state index is 9.38. The Hall–Kier alpha value is -3.02. The first kappa shape index (κ1) is 16.8. The maximum Gasteiger partial charge on any atom is 0.225 e. The Labute approximate surface area is 149 Å². The molecule has 0 saturated carbocycles. The minimum Gasteiger partial charge on any atom is -0.385 e. The molecule has 0 radical (unpaired) electrons. The van der Waals surface area contributed by atoms with E-state index in [1.54, 1.807) is 27.4 Å². The molecule has 4 N–H and O–H groups in total. The first-order valence-electron chi connectivity index (χ1n) is 6.77. The van der Waals surface area contributed by atoms with Crippen LogP contribution in [-0.4, -0.2) is 31.3 Å². The summed E-state index contributed by atoms with van der Waals surface area (Å²) in [4.78, 5) is 8.33. The largest absolute Gasteiger partial charge is 0.385 e. The van der Waals surface area contributed by atoms with Crippen molar-refractivity contribution in [1.29, 1.82) is 21.3 Å². The molecule has 25 heavy (non-hydrogen) atoms. The second-order valence-electron chi connectivity index (χ2n) is 4.81. The lowest BCUT2D eigenvalue weighted by Crippen LogP contribution is -2.23. The molecule has 3 aromatic rings. The third-order valence-electron chi connectivity index (χ3n) is 3.52. The van der Waals surface area contributed by atoms with Crippen molar-refractivity contribution >= 4 is 40.8 Å². The average Bonchev–Trinajstić information content (AvgIpc) is 2.59. The van der Waals surface area contributed by atoms with Crippen molar-refractivity contribution in [3.63, 3.8) is 0 Å². The maximum atomic E-state index is 9.38. The summed E-state index contributed by atoms with van der Waals surface area (Å²) in [6.45, 7) is 0. The van der Waals surface area contributed by atoms with Gasteiger partial charge in [0.2, 0.25) is 5.78 Å². The first-order chi connectivity index (χ1) is 12.0. The summed E-state index contributed by atoms with van der Waals surface area (Å²) in [6.07, 6.45) is 3.55. The molecule has 11 heteroatoms. The molecule has 0 spiro atoms. The molecule has 0 unspecified atom stereocenters. The van der Waals surface area contributed by atoms with Crippen molar-refractivity contribution in [3.8, 4) is 12.1 Å². The summed E-state index contributed by atoms with van der Waals surface area (Å²) in [5, 5.41) is 35.7. The number of hydrogen-bond acceptors (Lipinski definition) is 9. The lowest BCUT2D eigenvalue weighted by atomic mass is 10.3. The van der Waals surface area contributed by atoms with Crippen molar-refractivity contribution in [2.75, 3.05) is 18.2 Å². The van der Waals surface area contributed by atoms with Gasteiger partial charge in [-0.15, -0.1) is 23.5 Å². The van der Waals surface area contributed by atoms with Crippen LogP contribution < -0.4 is 16.7 Å². The summed E-state index contributed by atoms with van der Waals surface area (Å²) >= 11 is 2.54. The summed E-state index contributed by atoms with van der Waals surface area (Å²) in [7, 11) is 0. The van der Waals surface area contributed by atoms with Crippen LogP contribution in [0.1, 0.15) is 11.1 Å². The zero-order chi connectivity index (χ0) is 18.3. The predicted molar refractivity (Wildman–Crippen MR) is 93.1 cm³/mol. The predicted octanol–water partition coefficient (Wildman–Crippen LogP) is 0.710. The van der Waals surface area contributed by atoms with E-state index in [1.165, 1.54) is 23.5 Å². The van der Waals surface area contributed by atoms with Gasteiger partial charge in [0, 0.05) is 6.07 Å². The van der Waals surface area contributed by atoms with Crippen molar-refractivity contribution < 1.29 is 0 Å². The van der Waals surface area contributed by atoms with Crippen molar-refractivity contribution in [2.24, 2.45) is 0 Å². The van der Waals surface area contributed by atoms with E-state index in [-0.39, 0.29) is 33.7 Å². The summed E-state index contributed by atoms with van der Waals surface area (Å²) < 4.78 is 3.14. The quantitative estimate of drug-likeness (QED) is 0.341. The van der Waals surface area contributed by atoms with Crippen molar-refractivity contribution in [1.82, 2.24) is 18.8 Å². The second kappa shape index (κ2) is 6.12. The molecule has 0 aromatic carbocycles. The van der Waals surface area contributed by atoms with Crippen LogP contribution in [0.25, 0.3) is 11.4 Å². The molecule has 9 nitrogen and oxygen atoms in total. The standard InChI is InChI=1S/C14H11N9S2/c1-24-12-7(5-16)11(19)21-14-22(12)8(17)3-9-20-10(18)6(4-15)13(25-2)23(9)14/h3,18-19H,17H2,1-2H3. The van der Waals surface area contributed by atoms with Crippen LogP contribution >= 0.6 is 23.5 Å². The molecule has 124 valence electrons. The van der Waals surface area contributed by atoms with Gasteiger partial charge < -0.3 is 5.73 Å². The van der Waals surface area contributed by atoms with Gasteiger partial charge in [-0.3, -0.25) is 19.6 Å². The third kappa shape index (κ3) is 2.33. The minimum absolute atomic E-state index is 0.111. The minimum atomic E-state index is -0.188. The molecule has 0 atom stereocenters. The Kier molecular flexibility index (Phi) is 4.12. The lowest BCUT2D eigenvalue weighted by Gasteiger charge is -2.16. The molecule has 0 amide bonds. The lowest BCUT2D eigenvalue weighted by molar-refractivity contribution is 0.830. The van der Waals surface area contributed by atoms with Gasteiger partial charge in [-0.2, -0.15) is 15.5 Å². The van der Waals surface area contributed by atoms with Gasteiger partial charge in [-0.25, -0.2) is 4.98 Å². The Morgan fingerprint density at radius 1 is 1.00 bits per heavy atom. The SMILES string of the molecule is CSc1c(C#N)c(=N)nc2n1c(N)cc1nc(=N)c(C#N)c(SC)n12. The number of nitriles is 2. The molecule has 0 fully saturated rings. The van der Waals surface area contributed by atoms with Gasteiger partial charge in [0.25, 0.3) is 0 Å². The van der Waals surface area contributed by atoms with E-state index in [9.17, 15) is 10.5 Å². The normalized spacial score (nSPS) is 10.7. The highest BCUT2D eigenvalue weighted by atomic mass is 32.2. The highest BCUT2D eigenvalue weighted by Gasteiger charge is 2.19. The monoisotopic (exact) mass is 369 g/mol. The summed E-state index contributed by atoms with van der Waals surface area (Å²) in [6, 6.07) is 5.52. The van der Waals surface area contributed by atoms with E-state index in [0.717, 1.165) is 0 Å². The molecule has 3 heterocycles. The molecule has 3 rings (SSSR count). The zero-order valence-corrected chi connectivity index (χ0v) is 14.8. The zero-order valence-electron chi connectivity index (χ0n) is 13.2. The Bertz CT molecular complexity index is 1240. The van der Waals surface area contributed by atoms with E-state index in [1.807, 2.05) is 12.1 Å². The molecular weight excluding hydrogens is 358 g/mol. The molecule has 3 aromatic heterocycles. The topological polar surface area (TPSA) is 156 Å². The van der Waals surface area contributed by atoms with Gasteiger partial charge >= 0.3 is 0 Å². The highest BCUT2D eigenvalue weighted by Crippen LogP contribution is 2.26. The van der Waals surface area contributed by atoms with E-state index in [0.29, 0.717) is 15.7 Å². The van der Waals surface area contributed by atoms with Crippen LogP contribution in [0.15, 0.2) is 16.1 Å². The Morgan fingerprint density at radius 2 is 1.52 bits per heavy atom. The fourth-order valence-corrected chi connectivity index (χ4v) is 3.93. The number of nitrogens with two attached hydrogens (primary N) is 1. The first-order valence-corrected chi connectivity index (χ1v) is 9.22. The van der Waals surface area contributed by atoms with Crippen LogP contribution in [-0.2, 0) is 0 Å². The fraction of sp³-hybridized carbons (Fsp3) is 0.143. The van der Waals surface area contributed by atoms with Gasteiger partial charge in [-0.05, 0) is 12.5 Å². The third-order valence-corrected chi connectivity index (χ3v) is 5.07. The van der Waals surface area contributed by atoms with E-state index in [4.69, 9.17) is 16.6 Å². The van der Waals surface area contributed by atoms with Gasteiger partial charge in [0.05, 0.1) is 0 Å². The molecule has 0 aliphatic heterocycles. The summed E-state index contributed by atoms with van der Waals surface area (Å²) in [5.74, 6) is 0.531. The molecule has 0 saturated heterocycles. The van der Waals surface area contributed by atoms with Gasteiger partial charge in [-0.1, -0.05) is 0 Å². The van der Waals surface area contributed by atoms with Crippen molar-refractivity contribution in [3.05, 3.63) is 28.2 Å². The van der Waals surface area contributed by atoms with E-state index < -0.39 is 0 Å². The number of anilines is 1. The molecular formula is C14H11N9S2. The number of thioether (sulfide) groups is 2. The average molecular weight is 369 g/mol. The van der Waals surface area contributed by atoms with Crippen molar-refractivity contribution in [2.45, 2.75) is 10.1 Å².